The molecule has 2 N–H and O–H groups in total. The third kappa shape index (κ3) is 4.46. The maximum atomic E-state index is 13.5. The highest BCUT2D eigenvalue weighted by molar-refractivity contribution is 6.02. The van der Waals surface area contributed by atoms with Gasteiger partial charge in [0, 0.05) is 43.0 Å². The maximum Gasteiger partial charge on any atom is 0.198 e. The van der Waals surface area contributed by atoms with Crippen molar-refractivity contribution in [1.29, 1.82) is 0 Å². The standard InChI is InChI=1S/C21H24FN3O2/c1-3-10-25(11-12-27-2)17-7-5-16(6-8-17)23-14-19-18-13-15(22)4-9-20(18)24-21(19)26/h4-9,13-14,24,26H,3,10-12H2,1-2H3. The zero-order valence-electron chi connectivity index (χ0n) is 15.6. The number of aromatic hydroxyl groups is 1. The second-order valence-corrected chi connectivity index (χ2v) is 6.33. The Morgan fingerprint density at radius 3 is 2.67 bits per heavy atom. The van der Waals surface area contributed by atoms with Gasteiger partial charge in [-0.1, -0.05) is 6.92 Å². The van der Waals surface area contributed by atoms with Crippen molar-refractivity contribution in [3.63, 3.8) is 0 Å². The third-order valence-corrected chi connectivity index (χ3v) is 4.40. The van der Waals surface area contributed by atoms with E-state index < -0.39 is 0 Å². The van der Waals surface area contributed by atoms with Gasteiger partial charge >= 0.3 is 0 Å². The summed E-state index contributed by atoms with van der Waals surface area (Å²) < 4.78 is 18.7. The van der Waals surface area contributed by atoms with Gasteiger partial charge in [0.15, 0.2) is 5.88 Å². The van der Waals surface area contributed by atoms with Crippen molar-refractivity contribution in [2.45, 2.75) is 13.3 Å². The molecule has 0 amide bonds. The van der Waals surface area contributed by atoms with E-state index in [1.165, 1.54) is 12.1 Å². The number of aliphatic imine (C=N–C) groups is 1. The lowest BCUT2D eigenvalue weighted by molar-refractivity contribution is 0.205. The van der Waals surface area contributed by atoms with Crippen molar-refractivity contribution in [3.05, 3.63) is 53.8 Å². The highest BCUT2D eigenvalue weighted by Crippen LogP contribution is 2.27. The molecule has 1 aromatic heterocycles. The molecule has 0 bridgehead atoms. The maximum absolute atomic E-state index is 13.5. The number of benzene rings is 2. The van der Waals surface area contributed by atoms with Gasteiger partial charge in [-0.15, -0.1) is 0 Å². The quantitative estimate of drug-likeness (QED) is 0.569. The second-order valence-electron chi connectivity index (χ2n) is 6.33. The number of halogens is 1. The van der Waals surface area contributed by atoms with E-state index in [0.717, 1.165) is 30.9 Å². The summed E-state index contributed by atoms with van der Waals surface area (Å²) in [5.41, 5.74) is 3.01. The number of fused-ring (bicyclic) bond motifs is 1. The molecule has 0 spiro atoms. The molecule has 0 saturated heterocycles. The fourth-order valence-electron chi connectivity index (χ4n) is 3.03. The number of nitrogens with zero attached hydrogens (tertiary/aromatic N) is 2. The Hall–Kier alpha value is -2.86. The van der Waals surface area contributed by atoms with Gasteiger partial charge in [-0.05, 0) is 48.9 Å². The largest absolute Gasteiger partial charge is 0.494 e. The molecule has 0 unspecified atom stereocenters. The number of ether oxygens (including phenoxy) is 1. The van der Waals surface area contributed by atoms with E-state index in [9.17, 15) is 9.50 Å². The Labute approximate surface area is 158 Å². The predicted molar refractivity (Wildman–Crippen MR) is 108 cm³/mol. The molecule has 27 heavy (non-hydrogen) atoms. The lowest BCUT2D eigenvalue weighted by Crippen LogP contribution is -2.27. The van der Waals surface area contributed by atoms with Crippen LogP contribution >= 0.6 is 0 Å². The van der Waals surface area contributed by atoms with Gasteiger partial charge in [-0.25, -0.2) is 4.39 Å². The van der Waals surface area contributed by atoms with Crippen LogP contribution in [0.25, 0.3) is 10.9 Å². The number of H-pyrrole nitrogens is 1. The van der Waals surface area contributed by atoms with E-state index in [1.807, 2.05) is 24.3 Å². The van der Waals surface area contributed by atoms with E-state index >= 15 is 0 Å². The van der Waals surface area contributed by atoms with Gasteiger partial charge in [0.05, 0.1) is 17.9 Å². The lowest BCUT2D eigenvalue weighted by atomic mass is 10.2. The van der Waals surface area contributed by atoms with Crippen molar-refractivity contribution in [2.24, 2.45) is 4.99 Å². The fourth-order valence-corrected chi connectivity index (χ4v) is 3.03. The summed E-state index contributed by atoms with van der Waals surface area (Å²) in [6, 6.07) is 12.2. The van der Waals surface area contributed by atoms with Crippen molar-refractivity contribution in [3.8, 4) is 5.88 Å². The number of hydrogen-bond donors (Lipinski definition) is 2. The Balaban J connectivity index is 1.80. The van der Waals surface area contributed by atoms with E-state index in [1.54, 1.807) is 19.4 Å². The van der Waals surface area contributed by atoms with Gasteiger partial charge in [-0.2, -0.15) is 0 Å². The third-order valence-electron chi connectivity index (χ3n) is 4.40. The molecule has 0 atom stereocenters. The van der Waals surface area contributed by atoms with Crippen LogP contribution in [0.3, 0.4) is 0 Å². The van der Waals surface area contributed by atoms with Crippen molar-refractivity contribution < 1.29 is 14.2 Å². The Kier molecular flexibility index (Phi) is 6.08. The molecular formula is C21H24FN3O2. The first kappa shape index (κ1) is 18.9. The Morgan fingerprint density at radius 2 is 1.96 bits per heavy atom. The topological polar surface area (TPSA) is 60.9 Å². The summed E-state index contributed by atoms with van der Waals surface area (Å²) in [4.78, 5) is 9.52. The second kappa shape index (κ2) is 8.68. The number of aromatic nitrogens is 1. The van der Waals surface area contributed by atoms with Gasteiger partial charge in [0.2, 0.25) is 0 Å². The molecule has 0 radical (unpaired) electrons. The van der Waals surface area contributed by atoms with Crippen LogP contribution < -0.4 is 4.90 Å². The van der Waals surface area contributed by atoms with Gasteiger partial charge in [-0.3, -0.25) is 4.99 Å². The fraction of sp³-hybridized carbons (Fsp3) is 0.286. The minimum atomic E-state index is -0.354. The van der Waals surface area contributed by atoms with Crippen LogP contribution in [-0.4, -0.2) is 43.1 Å². The zero-order valence-corrected chi connectivity index (χ0v) is 15.6. The minimum Gasteiger partial charge on any atom is -0.494 e. The highest BCUT2D eigenvalue weighted by atomic mass is 19.1. The zero-order chi connectivity index (χ0) is 19.2. The first-order chi connectivity index (χ1) is 13.1. The molecule has 142 valence electrons. The number of hydrogen-bond acceptors (Lipinski definition) is 4. The lowest BCUT2D eigenvalue weighted by Gasteiger charge is -2.24. The van der Waals surface area contributed by atoms with Crippen LogP contribution in [0.1, 0.15) is 18.9 Å². The number of methoxy groups -OCH3 is 1. The predicted octanol–water partition coefficient (Wildman–Crippen LogP) is 4.63. The normalized spacial score (nSPS) is 11.5. The molecule has 1 heterocycles. The van der Waals surface area contributed by atoms with Crippen molar-refractivity contribution in [2.75, 3.05) is 31.7 Å². The molecular weight excluding hydrogens is 345 g/mol. The first-order valence-electron chi connectivity index (χ1n) is 9.00. The SMILES string of the molecule is CCCN(CCOC)c1ccc(N=Cc2c(O)[nH]c3ccc(F)cc23)cc1. The van der Waals surface area contributed by atoms with E-state index in [4.69, 9.17) is 4.74 Å². The number of aromatic amines is 1. The molecule has 0 aliphatic heterocycles. The molecule has 0 aliphatic carbocycles. The molecule has 3 aromatic rings. The number of nitrogens with one attached hydrogen (secondary N) is 1. The van der Waals surface area contributed by atoms with Gasteiger partial charge < -0.3 is 19.7 Å². The summed E-state index contributed by atoms with van der Waals surface area (Å²) >= 11 is 0. The highest BCUT2D eigenvalue weighted by Gasteiger charge is 2.10. The van der Waals surface area contributed by atoms with Crippen LogP contribution in [-0.2, 0) is 4.74 Å². The smallest absolute Gasteiger partial charge is 0.198 e. The summed E-state index contributed by atoms with van der Waals surface area (Å²) in [6.45, 7) is 4.62. The van der Waals surface area contributed by atoms with Crippen LogP contribution in [0.2, 0.25) is 0 Å². The summed E-state index contributed by atoms with van der Waals surface area (Å²) in [6.07, 6.45) is 2.61. The molecule has 2 aromatic carbocycles. The van der Waals surface area contributed by atoms with Crippen LogP contribution in [0.4, 0.5) is 15.8 Å². The van der Waals surface area contributed by atoms with Gasteiger partial charge in [0.1, 0.15) is 5.82 Å². The molecule has 6 heteroatoms. The molecule has 0 fully saturated rings. The van der Waals surface area contributed by atoms with Crippen molar-refractivity contribution >= 4 is 28.5 Å². The molecule has 0 aliphatic rings. The average Bonchev–Trinajstić information content (AvgIpc) is 2.98. The number of rotatable bonds is 8. The van der Waals surface area contributed by atoms with E-state index in [-0.39, 0.29) is 11.7 Å². The minimum absolute atomic E-state index is 0.0235. The van der Waals surface area contributed by atoms with Crippen molar-refractivity contribution in [1.82, 2.24) is 4.98 Å². The Morgan fingerprint density at radius 1 is 1.19 bits per heavy atom. The molecule has 3 rings (SSSR count). The average molecular weight is 369 g/mol. The number of anilines is 1. The van der Waals surface area contributed by atoms with E-state index in [2.05, 4.69) is 21.8 Å². The summed E-state index contributed by atoms with van der Waals surface area (Å²) in [5, 5.41) is 10.7. The first-order valence-corrected chi connectivity index (χ1v) is 9.00. The van der Waals surface area contributed by atoms with Crippen LogP contribution in [0.15, 0.2) is 47.5 Å². The Bertz CT molecular complexity index is 919. The summed E-state index contributed by atoms with van der Waals surface area (Å²) in [7, 11) is 1.70. The van der Waals surface area contributed by atoms with Crippen LogP contribution in [0.5, 0.6) is 5.88 Å². The molecule has 5 nitrogen and oxygen atoms in total. The monoisotopic (exact) mass is 369 g/mol. The molecule has 0 saturated carbocycles. The van der Waals surface area contributed by atoms with Crippen LogP contribution in [0, 0.1) is 5.82 Å². The summed E-state index contributed by atoms with van der Waals surface area (Å²) in [5.74, 6) is -0.378. The van der Waals surface area contributed by atoms with Gasteiger partial charge in [0.25, 0.3) is 0 Å². The van der Waals surface area contributed by atoms with E-state index in [0.29, 0.717) is 23.1 Å².